The number of allylic oxidation sites excluding steroid dienone is 10. The summed E-state index contributed by atoms with van der Waals surface area (Å²) in [5.41, 5.74) is 6.03. The molecule has 0 rings (SSSR count). The second kappa shape index (κ2) is 10.8. The van der Waals surface area contributed by atoms with Crippen LogP contribution in [0.15, 0.2) is 97.2 Å². The van der Waals surface area contributed by atoms with Gasteiger partial charge in [-0.25, -0.2) is 0 Å². The van der Waals surface area contributed by atoms with Crippen LogP contribution in [-0.4, -0.2) is 0 Å². The van der Waals surface area contributed by atoms with Gasteiger partial charge in [0.15, 0.2) is 0 Å². The molecule has 0 saturated heterocycles. The Hall–Kier alpha value is -2.08. The molecule has 0 nitrogen and oxygen atoms in total. The molecule has 0 aliphatic heterocycles. The fraction of sp³-hybridized carbons (Fsp3) is 0.467. The maximum atomic E-state index is 4.47. The van der Waals surface area contributed by atoms with Crippen LogP contribution in [0.4, 0.5) is 0 Å². The van der Waals surface area contributed by atoms with E-state index in [1.807, 2.05) is 6.08 Å². The zero-order valence-corrected chi connectivity index (χ0v) is 21.2. The van der Waals surface area contributed by atoms with E-state index in [2.05, 4.69) is 113 Å². The zero-order valence-electron chi connectivity index (χ0n) is 21.2. The maximum Gasteiger partial charge on any atom is 0.0299 e. The largest absolute Gasteiger partial charge is 0.103 e. The smallest absolute Gasteiger partial charge is 0.0299 e. The van der Waals surface area contributed by atoms with Crippen LogP contribution in [0.5, 0.6) is 0 Å². The predicted octanol–water partition coefficient (Wildman–Crippen LogP) is 9.72. The van der Waals surface area contributed by atoms with Crippen molar-refractivity contribution < 1.29 is 0 Å². The summed E-state index contributed by atoms with van der Waals surface area (Å²) in [5.74, 6) is 0. The van der Waals surface area contributed by atoms with Crippen molar-refractivity contribution in [1.29, 1.82) is 0 Å². The molecule has 0 fully saturated rings. The lowest BCUT2D eigenvalue weighted by atomic mass is 9.44. The molecular formula is C30H46. The maximum absolute atomic E-state index is 4.47. The van der Waals surface area contributed by atoms with E-state index in [-0.39, 0.29) is 10.8 Å². The van der Waals surface area contributed by atoms with Crippen LogP contribution < -0.4 is 0 Å². The molecule has 0 aromatic carbocycles. The molecule has 0 heterocycles. The van der Waals surface area contributed by atoms with Gasteiger partial charge in [0.05, 0.1) is 0 Å². The lowest BCUT2D eigenvalue weighted by Gasteiger charge is -2.58. The lowest BCUT2D eigenvalue weighted by molar-refractivity contribution is 0.0802. The highest BCUT2D eigenvalue weighted by Crippen LogP contribution is 2.64. The minimum Gasteiger partial charge on any atom is -0.103 e. The SMILES string of the molecule is C=CCC(C)=C(CCC(C)(C(=C)C)C(C=C)(C(=C)C)C(C)(C=CC)C(=C)C)C(=C)C. The lowest BCUT2D eigenvalue weighted by Crippen LogP contribution is -2.51. The fourth-order valence-corrected chi connectivity index (χ4v) is 5.30. The van der Waals surface area contributed by atoms with Crippen LogP contribution in [0.25, 0.3) is 0 Å². The summed E-state index contributed by atoms with van der Waals surface area (Å²) in [6, 6.07) is 0. The molecule has 0 aliphatic rings. The van der Waals surface area contributed by atoms with Crippen LogP contribution in [0, 0.1) is 16.2 Å². The van der Waals surface area contributed by atoms with Gasteiger partial charge in [-0.2, -0.15) is 0 Å². The van der Waals surface area contributed by atoms with Crippen LogP contribution in [0.3, 0.4) is 0 Å². The Morgan fingerprint density at radius 2 is 1.37 bits per heavy atom. The zero-order chi connectivity index (χ0) is 23.9. The van der Waals surface area contributed by atoms with Gasteiger partial charge in [-0.15, -0.1) is 13.2 Å². The van der Waals surface area contributed by atoms with Gasteiger partial charge in [-0.3, -0.25) is 0 Å². The normalized spacial score (nSPS) is 18.4. The average Bonchev–Trinajstić information content (AvgIpc) is 2.62. The van der Waals surface area contributed by atoms with E-state index in [1.54, 1.807) is 0 Å². The Kier molecular flexibility index (Phi) is 10.1. The summed E-state index contributed by atoms with van der Waals surface area (Å²) >= 11 is 0. The second-order valence-corrected chi connectivity index (χ2v) is 9.42. The van der Waals surface area contributed by atoms with Crippen molar-refractivity contribution in [3.63, 3.8) is 0 Å². The first-order valence-electron chi connectivity index (χ1n) is 10.9. The highest BCUT2D eigenvalue weighted by atomic mass is 14.6. The van der Waals surface area contributed by atoms with E-state index in [0.29, 0.717) is 0 Å². The summed E-state index contributed by atoms with van der Waals surface area (Å²) in [5, 5.41) is 0. The third-order valence-corrected chi connectivity index (χ3v) is 7.35. The monoisotopic (exact) mass is 406 g/mol. The predicted molar refractivity (Wildman–Crippen MR) is 140 cm³/mol. The quantitative estimate of drug-likeness (QED) is 0.211. The molecule has 0 aromatic rings. The molecule has 0 aliphatic carbocycles. The third-order valence-electron chi connectivity index (χ3n) is 7.35. The van der Waals surface area contributed by atoms with E-state index in [1.165, 1.54) is 11.1 Å². The Balaban J connectivity index is 6.95. The minimum atomic E-state index is -0.434. The number of hydrogen-bond donors (Lipinski definition) is 0. The Labute approximate surface area is 188 Å². The van der Waals surface area contributed by atoms with Crippen molar-refractivity contribution in [3.05, 3.63) is 97.2 Å². The van der Waals surface area contributed by atoms with Gasteiger partial charge in [-0.1, -0.05) is 92.3 Å². The van der Waals surface area contributed by atoms with Gasteiger partial charge in [0, 0.05) is 16.2 Å². The molecule has 0 spiro atoms. The second-order valence-electron chi connectivity index (χ2n) is 9.42. The molecule has 30 heavy (non-hydrogen) atoms. The van der Waals surface area contributed by atoms with Crippen molar-refractivity contribution in [2.75, 3.05) is 0 Å². The van der Waals surface area contributed by atoms with Crippen molar-refractivity contribution in [2.24, 2.45) is 16.2 Å². The van der Waals surface area contributed by atoms with E-state index in [0.717, 1.165) is 41.6 Å². The minimum absolute atomic E-state index is 0.275. The molecule has 0 aromatic heterocycles. The van der Waals surface area contributed by atoms with Gasteiger partial charge in [0.2, 0.25) is 0 Å². The summed E-state index contributed by atoms with van der Waals surface area (Å²) in [7, 11) is 0. The van der Waals surface area contributed by atoms with Crippen molar-refractivity contribution in [2.45, 2.75) is 74.7 Å². The van der Waals surface area contributed by atoms with Crippen LogP contribution in [0.1, 0.15) is 74.7 Å². The van der Waals surface area contributed by atoms with Crippen LogP contribution in [-0.2, 0) is 0 Å². The summed E-state index contributed by atoms with van der Waals surface area (Å²) < 4.78 is 0. The summed E-state index contributed by atoms with van der Waals surface area (Å²) in [6.45, 7) is 43.1. The first-order valence-corrected chi connectivity index (χ1v) is 10.9. The fourth-order valence-electron chi connectivity index (χ4n) is 5.30. The van der Waals surface area contributed by atoms with Crippen LogP contribution >= 0.6 is 0 Å². The summed E-state index contributed by atoms with van der Waals surface area (Å²) in [4.78, 5) is 0. The van der Waals surface area contributed by atoms with Crippen molar-refractivity contribution in [3.8, 4) is 0 Å². The van der Waals surface area contributed by atoms with Crippen molar-refractivity contribution in [1.82, 2.24) is 0 Å². The Morgan fingerprint density at radius 3 is 1.67 bits per heavy atom. The molecule has 0 N–H and O–H groups in total. The average molecular weight is 407 g/mol. The topological polar surface area (TPSA) is 0 Å². The molecule has 0 heteroatoms. The van der Waals surface area contributed by atoms with E-state index >= 15 is 0 Å². The Morgan fingerprint density at radius 1 is 0.833 bits per heavy atom. The molecule has 0 saturated carbocycles. The molecule has 0 amide bonds. The summed E-state index contributed by atoms with van der Waals surface area (Å²) in [6.07, 6.45) is 11.1. The van der Waals surface area contributed by atoms with Crippen LogP contribution in [0.2, 0.25) is 0 Å². The molecule has 0 radical (unpaired) electrons. The highest BCUT2D eigenvalue weighted by Gasteiger charge is 2.57. The van der Waals surface area contributed by atoms with Gasteiger partial charge < -0.3 is 0 Å². The number of hydrogen-bond acceptors (Lipinski definition) is 0. The number of rotatable bonds is 13. The van der Waals surface area contributed by atoms with E-state index < -0.39 is 5.41 Å². The molecule has 3 atom stereocenters. The molecular weight excluding hydrogens is 360 g/mol. The van der Waals surface area contributed by atoms with Crippen molar-refractivity contribution >= 4 is 0 Å². The van der Waals surface area contributed by atoms with Gasteiger partial charge in [0.1, 0.15) is 0 Å². The first kappa shape index (κ1) is 27.9. The van der Waals surface area contributed by atoms with Gasteiger partial charge in [-0.05, 0) is 66.4 Å². The third kappa shape index (κ3) is 4.80. The Bertz CT molecular complexity index is 781. The highest BCUT2D eigenvalue weighted by molar-refractivity contribution is 5.42. The van der Waals surface area contributed by atoms with E-state index in [9.17, 15) is 0 Å². The van der Waals surface area contributed by atoms with Gasteiger partial charge >= 0.3 is 0 Å². The van der Waals surface area contributed by atoms with E-state index in [4.69, 9.17) is 0 Å². The first-order chi connectivity index (χ1) is 13.7. The molecule has 3 unspecified atom stereocenters. The molecule has 166 valence electrons. The standard InChI is InChI=1S/C30H46/c1-15-18-26(12)27(22(4)5)19-21-29(14,24(8)9)30(17-3,25(10)11)28(13,20-16-2)23(6)7/h15-17,20H,1,3-4,6,8,10,18-19,21H2,2,5,7,9,11-14H3. The molecule has 0 bridgehead atoms. The van der Waals surface area contributed by atoms with Gasteiger partial charge in [0.25, 0.3) is 0 Å².